The van der Waals surface area contributed by atoms with Crippen molar-refractivity contribution in [3.05, 3.63) is 71.8 Å². The highest BCUT2D eigenvalue weighted by Crippen LogP contribution is 2.52. The summed E-state index contributed by atoms with van der Waals surface area (Å²) in [6, 6.07) is 22.1. The molecule has 0 aliphatic heterocycles. The van der Waals surface area contributed by atoms with Crippen molar-refractivity contribution in [2.75, 3.05) is 0 Å². The van der Waals surface area contributed by atoms with Crippen molar-refractivity contribution in [1.82, 2.24) is 0 Å². The zero-order valence-corrected chi connectivity index (χ0v) is 11.8. The number of rotatable bonds is 2. The summed E-state index contributed by atoms with van der Waals surface area (Å²) in [6.07, 6.45) is 1.33. The predicted molar refractivity (Wildman–Crippen MR) is 81.3 cm³/mol. The highest BCUT2D eigenvalue weighted by Gasteiger charge is 2.40. The van der Waals surface area contributed by atoms with E-state index in [1.54, 1.807) is 0 Å². The predicted octanol–water partition coefficient (Wildman–Crippen LogP) is 5.23. The van der Waals surface area contributed by atoms with Crippen LogP contribution in [-0.2, 0) is 0 Å². The quantitative estimate of drug-likeness (QED) is 0.684. The molecule has 4 unspecified atom stereocenters. The summed E-state index contributed by atoms with van der Waals surface area (Å²) < 4.78 is 0. The summed E-state index contributed by atoms with van der Waals surface area (Å²) in [5.41, 5.74) is 3.02. The van der Waals surface area contributed by atoms with Crippen LogP contribution in [0.4, 0.5) is 0 Å². The highest BCUT2D eigenvalue weighted by molar-refractivity contribution is 5.31. The van der Waals surface area contributed by atoms with Crippen molar-refractivity contribution in [3.8, 4) is 0 Å². The van der Waals surface area contributed by atoms with Crippen LogP contribution in [0.15, 0.2) is 60.7 Å². The summed E-state index contributed by atoms with van der Waals surface area (Å²) in [5.74, 6) is 2.86. The molecule has 98 valence electrons. The fraction of sp³-hybridized carbons (Fsp3) is 0.368. The van der Waals surface area contributed by atoms with Gasteiger partial charge in [0.05, 0.1) is 0 Å². The zero-order chi connectivity index (χ0) is 13.2. The van der Waals surface area contributed by atoms with Gasteiger partial charge in [0, 0.05) is 0 Å². The topological polar surface area (TPSA) is 0 Å². The molecular weight excluding hydrogens is 228 g/mol. The van der Waals surface area contributed by atoms with E-state index in [-0.39, 0.29) is 0 Å². The van der Waals surface area contributed by atoms with Gasteiger partial charge in [-0.25, -0.2) is 0 Å². The Bertz CT molecular complexity index is 465. The first-order valence-corrected chi connectivity index (χ1v) is 7.37. The van der Waals surface area contributed by atoms with Crippen LogP contribution in [0.1, 0.15) is 43.2 Å². The van der Waals surface area contributed by atoms with Crippen LogP contribution in [0, 0.1) is 11.8 Å². The van der Waals surface area contributed by atoms with Gasteiger partial charge in [0.2, 0.25) is 0 Å². The maximum atomic E-state index is 2.41. The van der Waals surface area contributed by atoms with Crippen molar-refractivity contribution in [3.63, 3.8) is 0 Å². The van der Waals surface area contributed by atoms with Crippen molar-refractivity contribution >= 4 is 0 Å². The Morgan fingerprint density at radius 3 is 1.37 bits per heavy atom. The van der Waals surface area contributed by atoms with E-state index in [2.05, 4.69) is 74.5 Å². The van der Waals surface area contributed by atoms with Gasteiger partial charge < -0.3 is 0 Å². The lowest BCUT2D eigenvalue weighted by Crippen LogP contribution is -2.12. The Morgan fingerprint density at radius 1 is 0.632 bits per heavy atom. The lowest BCUT2D eigenvalue weighted by atomic mass is 9.78. The van der Waals surface area contributed by atoms with Crippen LogP contribution in [0.5, 0.6) is 0 Å². The number of benzene rings is 2. The molecule has 0 heterocycles. The van der Waals surface area contributed by atoms with Crippen molar-refractivity contribution in [2.45, 2.75) is 32.1 Å². The Labute approximate surface area is 116 Å². The zero-order valence-electron chi connectivity index (χ0n) is 11.8. The SMILES string of the molecule is CC1CC(C)C(c2ccccc2)C1c1ccccc1. The van der Waals surface area contributed by atoms with E-state index in [0.717, 1.165) is 11.8 Å². The summed E-state index contributed by atoms with van der Waals surface area (Å²) in [4.78, 5) is 0. The molecule has 0 nitrogen and oxygen atoms in total. The minimum absolute atomic E-state index is 0.665. The molecule has 0 bridgehead atoms. The molecule has 3 rings (SSSR count). The number of hydrogen-bond acceptors (Lipinski definition) is 0. The second-order valence-corrected chi connectivity index (χ2v) is 6.06. The molecular formula is C19H22. The molecule has 0 heteroatoms. The van der Waals surface area contributed by atoms with Crippen LogP contribution in [0.25, 0.3) is 0 Å². The third kappa shape index (κ3) is 2.32. The molecule has 1 fully saturated rings. The fourth-order valence-corrected chi connectivity index (χ4v) is 4.01. The largest absolute Gasteiger partial charge is 0.0622 e. The highest BCUT2D eigenvalue weighted by atomic mass is 14.4. The third-order valence-electron chi connectivity index (χ3n) is 4.73. The van der Waals surface area contributed by atoms with E-state index in [1.165, 1.54) is 17.5 Å². The Hall–Kier alpha value is -1.56. The van der Waals surface area contributed by atoms with Gasteiger partial charge in [-0.05, 0) is 41.2 Å². The standard InChI is InChI=1S/C19H22/c1-14-13-15(2)19(17-11-7-4-8-12-17)18(14)16-9-5-3-6-10-16/h3-12,14-15,18-19H,13H2,1-2H3. The fourth-order valence-electron chi connectivity index (χ4n) is 4.01. The van der Waals surface area contributed by atoms with Gasteiger partial charge in [-0.15, -0.1) is 0 Å². The first kappa shape index (κ1) is 12.5. The molecule has 0 amide bonds. The molecule has 4 atom stereocenters. The first-order valence-electron chi connectivity index (χ1n) is 7.37. The van der Waals surface area contributed by atoms with Crippen LogP contribution < -0.4 is 0 Å². The average molecular weight is 250 g/mol. The molecule has 0 N–H and O–H groups in total. The lowest BCUT2D eigenvalue weighted by molar-refractivity contribution is 0.492. The van der Waals surface area contributed by atoms with E-state index < -0.39 is 0 Å². The molecule has 2 aromatic rings. The van der Waals surface area contributed by atoms with Gasteiger partial charge in [0.1, 0.15) is 0 Å². The third-order valence-corrected chi connectivity index (χ3v) is 4.73. The summed E-state index contributed by atoms with van der Waals surface area (Å²) in [7, 11) is 0. The van der Waals surface area contributed by atoms with E-state index in [0.29, 0.717) is 11.8 Å². The second kappa shape index (κ2) is 5.21. The summed E-state index contributed by atoms with van der Waals surface area (Å²) in [6.45, 7) is 4.83. The van der Waals surface area contributed by atoms with Crippen molar-refractivity contribution < 1.29 is 0 Å². The molecule has 0 spiro atoms. The summed E-state index contributed by atoms with van der Waals surface area (Å²) >= 11 is 0. The average Bonchev–Trinajstić information content (AvgIpc) is 2.75. The van der Waals surface area contributed by atoms with Crippen molar-refractivity contribution in [1.29, 1.82) is 0 Å². The van der Waals surface area contributed by atoms with Gasteiger partial charge in [-0.1, -0.05) is 74.5 Å². The van der Waals surface area contributed by atoms with Gasteiger partial charge in [0.15, 0.2) is 0 Å². The van der Waals surface area contributed by atoms with Crippen LogP contribution >= 0.6 is 0 Å². The van der Waals surface area contributed by atoms with Gasteiger partial charge in [-0.3, -0.25) is 0 Å². The Balaban J connectivity index is 2.01. The minimum atomic E-state index is 0.665. The van der Waals surface area contributed by atoms with E-state index in [4.69, 9.17) is 0 Å². The molecule has 0 saturated heterocycles. The smallest absolute Gasteiger partial charge is 0.00647 e. The molecule has 2 aromatic carbocycles. The van der Waals surface area contributed by atoms with E-state index in [9.17, 15) is 0 Å². The van der Waals surface area contributed by atoms with Crippen molar-refractivity contribution in [2.24, 2.45) is 11.8 Å². The van der Waals surface area contributed by atoms with Crippen LogP contribution in [0.2, 0.25) is 0 Å². The van der Waals surface area contributed by atoms with Gasteiger partial charge in [-0.2, -0.15) is 0 Å². The lowest BCUT2D eigenvalue weighted by Gasteiger charge is -2.26. The molecule has 19 heavy (non-hydrogen) atoms. The summed E-state index contributed by atoms with van der Waals surface area (Å²) in [5, 5.41) is 0. The molecule has 1 aliphatic carbocycles. The molecule has 1 aliphatic rings. The van der Waals surface area contributed by atoms with Gasteiger partial charge >= 0.3 is 0 Å². The number of hydrogen-bond donors (Lipinski definition) is 0. The van der Waals surface area contributed by atoms with E-state index in [1.807, 2.05) is 0 Å². The van der Waals surface area contributed by atoms with Crippen LogP contribution in [0.3, 0.4) is 0 Å². The molecule has 0 radical (unpaired) electrons. The normalized spacial score (nSPS) is 30.4. The molecule has 0 aromatic heterocycles. The van der Waals surface area contributed by atoms with Gasteiger partial charge in [0.25, 0.3) is 0 Å². The van der Waals surface area contributed by atoms with E-state index >= 15 is 0 Å². The minimum Gasteiger partial charge on any atom is -0.0622 e. The maximum absolute atomic E-state index is 2.41. The Morgan fingerprint density at radius 2 is 1.00 bits per heavy atom. The van der Waals surface area contributed by atoms with Crippen LogP contribution in [-0.4, -0.2) is 0 Å². The maximum Gasteiger partial charge on any atom is -0.00647 e. The first-order chi connectivity index (χ1) is 9.27. The molecule has 1 saturated carbocycles. The monoisotopic (exact) mass is 250 g/mol. The second-order valence-electron chi connectivity index (χ2n) is 6.06. The Kier molecular flexibility index (Phi) is 3.42.